The van der Waals surface area contributed by atoms with Crippen LogP contribution in [-0.4, -0.2) is 16.1 Å². The van der Waals surface area contributed by atoms with Crippen molar-refractivity contribution in [2.24, 2.45) is 0 Å². The summed E-state index contributed by atoms with van der Waals surface area (Å²) in [6.45, 7) is 6.68. The minimum absolute atomic E-state index is 0.194. The number of carbonyl (C=O) groups excluding carboxylic acids is 1. The van der Waals surface area contributed by atoms with Crippen LogP contribution >= 0.6 is 11.6 Å². The van der Waals surface area contributed by atoms with Crippen molar-refractivity contribution in [2.45, 2.75) is 45.8 Å². The van der Waals surface area contributed by atoms with Gasteiger partial charge in [-0.05, 0) is 45.9 Å². The maximum absolute atomic E-state index is 13.4. The Morgan fingerprint density at radius 1 is 1.35 bits per heavy atom. The molecule has 0 aliphatic carbocycles. The number of carbonyl (C=O) groups is 1. The van der Waals surface area contributed by atoms with E-state index in [1.54, 1.807) is 26.8 Å². The Hall–Kier alpha value is -1.82. The minimum Gasteiger partial charge on any atom is -0.458 e. The lowest BCUT2D eigenvalue weighted by Crippen LogP contribution is -2.29. The van der Waals surface area contributed by atoms with Crippen molar-refractivity contribution < 1.29 is 18.3 Å². The van der Waals surface area contributed by atoms with Crippen LogP contribution in [0.25, 0.3) is 10.9 Å². The van der Waals surface area contributed by atoms with Gasteiger partial charge in [0.1, 0.15) is 11.6 Å². The Morgan fingerprint density at radius 2 is 1.96 bits per heavy atom. The smallest absolute Gasteiger partial charge is 0.329 e. The number of ether oxygens (including phenoxy) is 1. The molecule has 0 amide bonds. The molecule has 1 unspecified atom stereocenters. The van der Waals surface area contributed by atoms with Crippen molar-refractivity contribution in [1.82, 2.24) is 4.57 Å². The highest BCUT2D eigenvalue weighted by atomic mass is 35.5. The zero-order chi connectivity index (χ0) is 17.5. The quantitative estimate of drug-likeness (QED) is 0.647. The number of hydrogen-bond acceptors (Lipinski definition) is 3. The third-order valence-electron chi connectivity index (χ3n) is 3.38. The van der Waals surface area contributed by atoms with E-state index < -0.39 is 24.0 Å². The van der Waals surface area contributed by atoms with Crippen LogP contribution in [0.3, 0.4) is 0 Å². The molecule has 23 heavy (non-hydrogen) atoms. The molecular formula is C16H19ClF2N2O2. The number of rotatable bonds is 3. The van der Waals surface area contributed by atoms with E-state index in [-0.39, 0.29) is 10.7 Å². The topological polar surface area (TPSA) is 57.2 Å². The lowest BCUT2D eigenvalue weighted by Gasteiger charge is -2.24. The molecule has 2 rings (SSSR count). The number of nitrogens with two attached hydrogens (primary N) is 1. The standard InChI is InChI=1S/C16H19ClF2N2O2/c1-8(15(22)23-16(2,3)4)21-11-6-5-10(20)13(17)9(11)7-12(21)14(18)19/h5-8,14H,20H2,1-4H3. The summed E-state index contributed by atoms with van der Waals surface area (Å²) < 4.78 is 33.4. The van der Waals surface area contributed by atoms with Crippen molar-refractivity contribution in [3.05, 3.63) is 28.9 Å². The molecule has 7 heteroatoms. The monoisotopic (exact) mass is 344 g/mol. The van der Waals surface area contributed by atoms with Crippen LogP contribution in [0.4, 0.5) is 14.5 Å². The van der Waals surface area contributed by atoms with Gasteiger partial charge >= 0.3 is 5.97 Å². The highest BCUT2D eigenvalue weighted by Crippen LogP contribution is 2.37. The molecule has 126 valence electrons. The Morgan fingerprint density at radius 3 is 2.48 bits per heavy atom. The van der Waals surface area contributed by atoms with Gasteiger partial charge in [0.15, 0.2) is 0 Å². The summed E-state index contributed by atoms with van der Waals surface area (Å²) in [7, 11) is 0. The Labute approximate surface area is 138 Å². The zero-order valence-corrected chi connectivity index (χ0v) is 14.1. The van der Waals surface area contributed by atoms with Crippen LogP contribution < -0.4 is 5.73 Å². The average molecular weight is 345 g/mol. The van der Waals surface area contributed by atoms with Crippen molar-refractivity contribution >= 4 is 34.2 Å². The largest absolute Gasteiger partial charge is 0.458 e. The third-order valence-corrected chi connectivity index (χ3v) is 3.80. The Balaban J connectivity index is 2.60. The first-order valence-electron chi connectivity index (χ1n) is 7.12. The van der Waals surface area contributed by atoms with E-state index in [0.29, 0.717) is 16.6 Å². The Kier molecular flexibility index (Phi) is 4.57. The second-order valence-electron chi connectivity index (χ2n) is 6.35. The number of anilines is 1. The van der Waals surface area contributed by atoms with E-state index in [4.69, 9.17) is 22.1 Å². The average Bonchev–Trinajstić information content (AvgIpc) is 2.80. The summed E-state index contributed by atoms with van der Waals surface area (Å²) in [5.74, 6) is -0.593. The number of fused-ring (bicyclic) bond motifs is 1. The van der Waals surface area contributed by atoms with Gasteiger partial charge in [0.2, 0.25) is 0 Å². The van der Waals surface area contributed by atoms with Gasteiger partial charge in [-0.3, -0.25) is 0 Å². The summed E-state index contributed by atoms with van der Waals surface area (Å²) in [6.07, 6.45) is -2.76. The second kappa shape index (κ2) is 6.00. The fraction of sp³-hybridized carbons (Fsp3) is 0.438. The number of aromatic nitrogens is 1. The number of esters is 1. The van der Waals surface area contributed by atoms with E-state index in [2.05, 4.69) is 0 Å². The first-order chi connectivity index (χ1) is 10.5. The van der Waals surface area contributed by atoms with Crippen LogP contribution in [0.1, 0.15) is 45.9 Å². The first kappa shape index (κ1) is 17.5. The molecule has 1 heterocycles. The van der Waals surface area contributed by atoms with Gasteiger partial charge in [-0.1, -0.05) is 11.6 Å². The van der Waals surface area contributed by atoms with Crippen molar-refractivity contribution in [1.29, 1.82) is 0 Å². The van der Waals surface area contributed by atoms with Crippen LogP contribution in [0.15, 0.2) is 18.2 Å². The maximum atomic E-state index is 13.4. The molecule has 0 aliphatic heterocycles. The van der Waals surface area contributed by atoms with Crippen molar-refractivity contribution in [3.63, 3.8) is 0 Å². The molecular weight excluding hydrogens is 326 g/mol. The molecule has 0 saturated carbocycles. The third kappa shape index (κ3) is 3.42. The van der Waals surface area contributed by atoms with E-state index in [1.807, 2.05) is 0 Å². The molecule has 4 nitrogen and oxygen atoms in total. The number of nitrogen functional groups attached to an aromatic ring is 1. The fourth-order valence-electron chi connectivity index (χ4n) is 2.40. The normalized spacial score (nSPS) is 13.6. The molecule has 1 aromatic carbocycles. The molecule has 0 fully saturated rings. The lowest BCUT2D eigenvalue weighted by atomic mass is 10.2. The predicted molar refractivity (Wildman–Crippen MR) is 86.9 cm³/mol. The molecule has 1 aromatic heterocycles. The number of hydrogen-bond donors (Lipinski definition) is 1. The summed E-state index contributed by atoms with van der Waals surface area (Å²) in [5, 5.41) is 0.580. The highest BCUT2D eigenvalue weighted by Gasteiger charge is 2.28. The van der Waals surface area contributed by atoms with Crippen LogP contribution in [0.5, 0.6) is 0 Å². The fourth-order valence-corrected chi connectivity index (χ4v) is 2.61. The van der Waals surface area contributed by atoms with E-state index >= 15 is 0 Å². The SMILES string of the molecule is CC(C(=O)OC(C)(C)C)n1c(C(F)F)cc2c(Cl)c(N)ccc21. The summed E-state index contributed by atoms with van der Waals surface area (Å²) >= 11 is 6.11. The van der Waals surface area contributed by atoms with Crippen molar-refractivity contribution in [3.8, 4) is 0 Å². The summed E-state index contributed by atoms with van der Waals surface area (Å²) in [4.78, 5) is 12.3. The van der Waals surface area contributed by atoms with Gasteiger partial charge in [0.05, 0.1) is 21.9 Å². The molecule has 0 aliphatic rings. The van der Waals surface area contributed by atoms with Gasteiger partial charge in [0, 0.05) is 5.39 Å². The van der Waals surface area contributed by atoms with E-state index in [0.717, 1.165) is 0 Å². The van der Waals surface area contributed by atoms with Crippen LogP contribution in [-0.2, 0) is 9.53 Å². The first-order valence-corrected chi connectivity index (χ1v) is 7.50. The minimum atomic E-state index is -2.76. The number of halogens is 3. The van der Waals surface area contributed by atoms with Gasteiger partial charge in [0.25, 0.3) is 6.43 Å². The molecule has 2 aromatic rings. The molecule has 0 radical (unpaired) electrons. The molecule has 0 spiro atoms. The number of nitrogens with zero attached hydrogens (tertiary/aromatic N) is 1. The summed E-state index contributed by atoms with van der Waals surface area (Å²) in [5.41, 5.74) is 5.42. The van der Waals surface area contributed by atoms with Gasteiger partial charge in [-0.2, -0.15) is 0 Å². The molecule has 1 atom stereocenters. The highest BCUT2D eigenvalue weighted by molar-refractivity contribution is 6.38. The number of alkyl halides is 2. The van der Waals surface area contributed by atoms with Gasteiger partial charge in [-0.15, -0.1) is 0 Å². The van der Waals surface area contributed by atoms with Crippen LogP contribution in [0.2, 0.25) is 5.02 Å². The zero-order valence-electron chi connectivity index (χ0n) is 13.4. The second-order valence-corrected chi connectivity index (χ2v) is 6.73. The maximum Gasteiger partial charge on any atom is 0.329 e. The molecule has 0 bridgehead atoms. The van der Waals surface area contributed by atoms with Crippen LogP contribution in [0, 0.1) is 0 Å². The summed E-state index contributed by atoms with van der Waals surface area (Å²) in [6, 6.07) is 3.44. The molecule has 0 saturated heterocycles. The lowest BCUT2D eigenvalue weighted by molar-refractivity contribution is -0.158. The van der Waals surface area contributed by atoms with Gasteiger partial charge < -0.3 is 15.0 Å². The van der Waals surface area contributed by atoms with E-state index in [1.165, 1.54) is 23.6 Å². The number of benzene rings is 1. The Bertz CT molecular complexity index is 751. The van der Waals surface area contributed by atoms with E-state index in [9.17, 15) is 13.6 Å². The predicted octanol–water partition coefficient (Wildman–Crippen LogP) is 4.72. The van der Waals surface area contributed by atoms with Gasteiger partial charge in [-0.25, -0.2) is 13.6 Å². The van der Waals surface area contributed by atoms with Crippen molar-refractivity contribution in [2.75, 3.05) is 5.73 Å². The molecule has 2 N–H and O–H groups in total.